The fourth-order valence-electron chi connectivity index (χ4n) is 3.06. The molecule has 0 radical (unpaired) electrons. The van der Waals surface area contributed by atoms with Crippen LogP contribution in [-0.2, 0) is 4.79 Å². The zero-order chi connectivity index (χ0) is 16.4. The molecule has 2 atom stereocenters. The van der Waals surface area contributed by atoms with Crippen molar-refractivity contribution in [3.8, 4) is 5.69 Å². The van der Waals surface area contributed by atoms with Crippen molar-refractivity contribution in [3.05, 3.63) is 47.8 Å². The zero-order valence-electron chi connectivity index (χ0n) is 12.9. The van der Waals surface area contributed by atoms with Crippen molar-refractivity contribution in [2.45, 2.75) is 32.2 Å². The molecule has 1 fully saturated rings. The van der Waals surface area contributed by atoms with Gasteiger partial charge in [0.1, 0.15) is 0 Å². The van der Waals surface area contributed by atoms with Gasteiger partial charge in [0.2, 0.25) is 0 Å². The van der Waals surface area contributed by atoms with E-state index in [9.17, 15) is 9.59 Å². The minimum absolute atomic E-state index is 0.0805. The van der Waals surface area contributed by atoms with Gasteiger partial charge < -0.3 is 10.4 Å². The number of hydrogen-bond donors (Lipinski definition) is 2. The first-order valence-corrected chi connectivity index (χ1v) is 7.70. The monoisotopic (exact) mass is 313 g/mol. The fourth-order valence-corrected chi connectivity index (χ4v) is 3.06. The van der Waals surface area contributed by atoms with E-state index in [1.165, 1.54) is 0 Å². The van der Waals surface area contributed by atoms with Crippen LogP contribution in [0, 0.1) is 12.8 Å². The van der Waals surface area contributed by atoms with E-state index in [2.05, 4.69) is 10.4 Å². The Morgan fingerprint density at radius 1 is 1.26 bits per heavy atom. The van der Waals surface area contributed by atoms with E-state index >= 15 is 0 Å². The SMILES string of the molecule is Cc1c(C(=O)N[C@H]2CC[C@@H](C(=O)O)C2)cnn1-c1ccccc1. The van der Waals surface area contributed by atoms with Crippen LogP contribution < -0.4 is 5.32 Å². The number of benzene rings is 1. The van der Waals surface area contributed by atoms with E-state index < -0.39 is 5.97 Å². The Morgan fingerprint density at radius 2 is 2.00 bits per heavy atom. The molecule has 6 heteroatoms. The van der Waals surface area contributed by atoms with Crippen molar-refractivity contribution < 1.29 is 14.7 Å². The summed E-state index contributed by atoms with van der Waals surface area (Å²) in [6, 6.07) is 9.53. The third-order valence-electron chi connectivity index (χ3n) is 4.37. The number of nitrogens with one attached hydrogen (secondary N) is 1. The molecule has 1 aliphatic carbocycles. The van der Waals surface area contributed by atoms with Crippen LogP contribution in [0.5, 0.6) is 0 Å². The molecule has 1 heterocycles. The molecule has 0 aliphatic heterocycles. The first-order chi connectivity index (χ1) is 11.1. The first kappa shape index (κ1) is 15.3. The van der Waals surface area contributed by atoms with Gasteiger partial charge in [0.05, 0.1) is 29.1 Å². The molecule has 120 valence electrons. The predicted molar refractivity (Wildman–Crippen MR) is 84.5 cm³/mol. The summed E-state index contributed by atoms with van der Waals surface area (Å²) in [6.07, 6.45) is 3.37. The molecule has 6 nitrogen and oxygen atoms in total. The lowest BCUT2D eigenvalue weighted by Crippen LogP contribution is -2.33. The van der Waals surface area contributed by atoms with Gasteiger partial charge in [-0.2, -0.15) is 5.10 Å². The Balaban J connectivity index is 1.72. The summed E-state index contributed by atoms with van der Waals surface area (Å²) >= 11 is 0. The van der Waals surface area contributed by atoms with Crippen molar-refractivity contribution in [2.24, 2.45) is 5.92 Å². The highest BCUT2D eigenvalue weighted by atomic mass is 16.4. The zero-order valence-corrected chi connectivity index (χ0v) is 12.9. The molecule has 1 aromatic carbocycles. The van der Waals surface area contributed by atoms with Gasteiger partial charge in [-0.05, 0) is 38.3 Å². The molecule has 0 bridgehead atoms. The molecule has 23 heavy (non-hydrogen) atoms. The standard InChI is InChI=1S/C17H19N3O3/c1-11-15(10-18-20(11)14-5-3-2-4-6-14)16(21)19-13-8-7-12(9-13)17(22)23/h2-6,10,12-13H,7-9H2,1H3,(H,19,21)(H,22,23)/t12-,13+/m1/s1. The van der Waals surface area contributed by atoms with Crippen LogP contribution in [0.3, 0.4) is 0 Å². The summed E-state index contributed by atoms with van der Waals surface area (Å²) in [4.78, 5) is 23.4. The minimum atomic E-state index is -0.783. The molecule has 2 aromatic rings. The van der Waals surface area contributed by atoms with E-state index in [0.717, 1.165) is 11.4 Å². The average Bonchev–Trinajstić information content (AvgIpc) is 3.15. The van der Waals surface area contributed by atoms with Crippen LogP contribution >= 0.6 is 0 Å². The molecule has 0 saturated heterocycles. The summed E-state index contributed by atoms with van der Waals surface area (Å²) < 4.78 is 1.73. The Kier molecular flexibility index (Phi) is 4.14. The van der Waals surface area contributed by atoms with Crippen molar-refractivity contribution in [3.63, 3.8) is 0 Å². The number of carbonyl (C=O) groups excluding carboxylic acids is 1. The fraction of sp³-hybridized carbons (Fsp3) is 0.353. The molecule has 1 aromatic heterocycles. The van der Waals surface area contributed by atoms with Gasteiger partial charge in [0.25, 0.3) is 5.91 Å². The summed E-state index contributed by atoms with van der Waals surface area (Å²) in [5, 5.41) is 16.2. The van der Waals surface area contributed by atoms with Crippen LogP contribution in [0.25, 0.3) is 5.69 Å². The normalized spacial score (nSPS) is 20.4. The van der Waals surface area contributed by atoms with Gasteiger partial charge in [0.15, 0.2) is 0 Å². The number of rotatable bonds is 4. The smallest absolute Gasteiger partial charge is 0.306 e. The minimum Gasteiger partial charge on any atom is -0.481 e. The number of aliphatic carboxylic acids is 1. The highest BCUT2D eigenvalue weighted by Crippen LogP contribution is 2.26. The largest absolute Gasteiger partial charge is 0.481 e. The Labute approximate surface area is 134 Å². The molecule has 3 rings (SSSR count). The lowest BCUT2D eigenvalue weighted by Gasteiger charge is -2.12. The maximum Gasteiger partial charge on any atom is 0.306 e. The van der Waals surface area contributed by atoms with Gasteiger partial charge in [0, 0.05) is 6.04 Å². The van der Waals surface area contributed by atoms with E-state index in [0.29, 0.717) is 24.8 Å². The lowest BCUT2D eigenvalue weighted by molar-refractivity contribution is -0.141. The maximum absolute atomic E-state index is 12.4. The Morgan fingerprint density at radius 3 is 2.65 bits per heavy atom. The number of amides is 1. The molecular formula is C17H19N3O3. The highest BCUT2D eigenvalue weighted by molar-refractivity contribution is 5.95. The number of nitrogens with zero attached hydrogens (tertiary/aromatic N) is 2. The van der Waals surface area contributed by atoms with Crippen LogP contribution in [0.2, 0.25) is 0 Å². The van der Waals surface area contributed by atoms with Crippen molar-refractivity contribution in [1.29, 1.82) is 0 Å². The number of carbonyl (C=O) groups is 2. The van der Waals surface area contributed by atoms with Crippen LogP contribution in [0.4, 0.5) is 0 Å². The summed E-state index contributed by atoms with van der Waals surface area (Å²) in [6.45, 7) is 1.85. The number of carboxylic acids is 1. The Hall–Kier alpha value is -2.63. The van der Waals surface area contributed by atoms with Crippen LogP contribution in [-0.4, -0.2) is 32.8 Å². The van der Waals surface area contributed by atoms with Crippen LogP contribution in [0.1, 0.15) is 35.3 Å². The molecule has 2 N–H and O–H groups in total. The number of aromatic nitrogens is 2. The third-order valence-corrected chi connectivity index (χ3v) is 4.37. The molecule has 1 amide bonds. The second-order valence-corrected chi connectivity index (χ2v) is 5.91. The highest BCUT2D eigenvalue weighted by Gasteiger charge is 2.31. The van der Waals surface area contributed by atoms with Crippen LogP contribution in [0.15, 0.2) is 36.5 Å². The summed E-state index contributed by atoms with van der Waals surface area (Å²) in [5.74, 6) is -1.33. The number of hydrogen-bond acceptors (Lipinski definition) is 3. The second-order valence-electron chi connectivity index (χ2n) is 5.91. The van der Waals surface area contributed by atoms with E-state index in [1.54, 1.807) is 10.9 Å². The lowest BCUT2D eigenvalue weighted by atomic mass is 10.1. The van der Waals surface area contributed by atoms with E-state index in [-0.39, 0.29) is 17.9 Å². The van der Waals surface area contributed by atoms with E-state index in [1.807, 2.05) is 37.3 Å². The summed E-state index contributed by atoms with van der Waals surface area (Å²) in [5.41, 5.74) is 2.19. The van der Waals surface area contributed by atoms with Gasteiger partial charge in [-0.1, -0.05) is 18.2 Å². The van der Waals surface area contributed by atoms with Crippen molar-refractivity contribution >= 4 is 11.9 Å². The van der Waals surface area contributed by atoms with Gasteiger partial charge in [-0.25, -0.2) is 4.68 Å². The molecule has 1 aliphatic rings. The summed E-state index contributed by atoms with van der Waals surface area (Å²) in [7, 11) is 0. The second kappa shape index (κ2) is 6.24. The number of carboxylic acid groups (broad SMARTS) is 1. The molecular weight excluding hydrogens is 294 g/mol. The topological polar surface area (TPSA) is 84.2 Å². The Bertz CT molecular complexity index is 724. The number of para-hydroxylation sites is 1. The predicted octanol–water partition coefficient (Wildman–Crippen LogP) is 2.16. The van der Waals surface area contributed by atoms with Crippen molar-refractivity contribution in [1.82, 2.24) is 15.1 Å². The van der Waals surface area contributed by atoms with Gasteiger partial charge in [-0.15, -0.1) is 0 Å². The quantitative estimate of drug-likeness (QED) is 0.906. The average molecular weight is 313 g/mol. The van der Waals surface area contributed by atoms with Gasteiger partial charge >= 0.3 is 5.97 Å². The third kappa shape index (κ3) is 3.11. The molecule has 1 saturated carbocycles. The van der Waals surface area contributed by atoms with Crippen molar-refractivity contribution in [2.75, 3.05) is 0 Å². The molecule has 0 spiro atoms. The van der Waals surface area contributed by atoms with Gasteiger partial charge in [-0.3, -0.25) is 9.59 Å². The molecule has 0 unspecified atom stereocenters. The first-order valence-electron chi connectivity index (χ1n) is 7.70. The maximum atomic E-state index is 12.4. The van der Waals surface area contributed by atoms with E-state index in [4.69, 9.17) is 5.11 Å².